The second-order valence-electron chi connectivity index (χ2n) is 4.79. The summed E-state index contributed by atoms with van der Waals surface area (Å²) in [5.74, 6) is 7.63. The first-order chi connectivity index (χ1) is 5.91. The first kappa shape index (κ1) is 10.9. The van der Waals surface area contributed by atoms with Gasteiger partial charge < -0.3 is 0 Å². The van der Waals surface area contributed by atoms with E-state index < -0.39 is 0 Å². The summed E-state index contributed by atoms with van der Waals surface area (Å²) in [5.41, 5.74) is 0.244. The van der Waals surface area contributed by atoms with E-state index in [1.54, 1.807) is 0 Å². The van der Waals surface area contributed by atoms with Crippen LogP contribution in [0.15, 0.2) is 0 Å². The zero-order chi connectivity index (χ0) is 9.85. The number of hydrogen-bond donors (Lipinski definition) is 1. The third-order valence-electron chi connectivity index (χ3n) is 4.08. The van der Waals surface area contributed by atoms with Crippen molar-refractivity contribution in [3.05, 3.63) is 0 Å². The average molecular weight is 406 g/mol. The van der Waals surface area contributed by atoms with Crippen LogP contribution in [0.1, 0.15) is 33.1 Å². The Morgan fingerprint density at radius 3 is 2.69 bits per heavy atom. The topological polar surface area (TPSA) is 29.3 Å². The van der Waals surface area contributed by atoms with Crippen molar-refractivity contribution in [3.63, 3.8) is 0 Å². The summed E-state index contributed by atoms with van der Waals surface area (Å²) in [6.45, 7) is 4.70. The normalized spacial score (nSPS) is 54.9. The number of nitrogens with zero attached hydrogens (tertiary/aromatic N) is 1. The van der Waals surface area contributed by atoms with E-state index in [0.29, 0.717) is 3.42 Å². The van der Waals surface area contributed by atoms with E-state index >= 15 is 0 Å². The number of halogens is 2. The summed E-state index contributed by atoms with van der Waals surface area (Å²) in [7, 11) is 0. The molecule has 0 aromatic heterocycles. The number of hydrogen-bond acceptors (Lipinski definition) is 2. The van der Waals surface area contributed by atoms with Crippen LogP contribution < -0.4 is 5.84 Å². The molecule has 2 aliphatic carbocycles. The largest absolute Gasteiger partial charge is 0.259 e. The molecule has 0 aromatic carbocycles. The number of hydrazine groups is 1. The first-order valence-corrected chi connectivity index (χ1v) is 6.85. The highest BCUT2D eigenvalue weighted by molar-refractivity contribution is 14.1. The molecule has 0 saturated heterocycles. The fourth-order valence-electron chi connectivity index (χ4n) is 2.71. The van der Waals surface area contributed by atoms with E-state index in [0.717, 1.165) is 11.8 Å². The minimum absolute atomic E-state index is 0.244. The Morgan fingerprint density at radius 1 is 1.54 bits per heavy atom. The van der Waals surface area contributed by atoms with Crippen LogP contribution in [0.2, 0.25) is 0 Å². The molecular weight excluding hydrogens is 390 g/mol. The maximum absolute atomic E-state index is 5.94. The van der Waals surface area contributed by atoms with Gasteiger partial charge in [0.15, 0.2) is 0 Å². The van der Waals surface area contributed by atoms with Gasteiger partial charge in [0.25, 0.3) is 0 Å². The minimum Gasteiger partial charge on any atom is -0.259 e. The van der Waals surface area contributed by atoms with E-state index in [9.17, 15) is 0 Å². The molecule has 0 radical (unpaired) electrons. The van der Waals surface area contributed by atoms with Gasteiger partial charge in [0, 0.05) is 31.8 Å². The Labute approximate surface area is 108 Å². The Balaban J connectivity index is 2.20. The first-order valence-electron chi connectivity index (χ1n) is 4.81. The predicted octanol–water partition coefficient (Wildman–Crippen LogP) is 2.89. The summed E-state index contributed by atoms with van der Waals surface area (Å²) < 4.78 is 2.48. The van der Waals surface area contributed by atoms with Crippen molar-refractivity contribution in [2.24, 2.45) is 17.7 Å². The highest BCUT2D eigenvalue weighted by Gasteiger charge is 2.66. The van der Waals surface area contributed by atoms with Crippen LogP contribution in [0.3, 0.4) is 0 Å². The van der Waals surface area contributed by atoms with E-state index in [4.69, 9.17) is 5.84 Å². The van der Waals surface area contributed by atoms with E-state index in [-0.39, 0.29) is 5.54 Å². The van der Waals surface area contributed by atoms with Gasteiger partial charge in [-0.15, -0.1) is 0 Å². The highest BCUT2D eigenvalue weighted by Crippen LogP contribution is 2.67. The van der Waals surface area contributed by atoms with Crippen LogP contribution in [-0.2, 0) is 0 Å². The van der Waals surface area contributed by atoms with Gasteiger partial charge in [-0.25, -0.2) is 0 Å². The summed E-state index contributed by atoms with van der Waals surface area (Å²) in [6, 6.07) is 0. The quantitative estimate of drug-likeness (QED) is 0.239. The molecule has 13 heavy (non-hydrogen) atoms. The Morgan fingerprint density at radius 2 is 2.15 bits per heavy atom. The number of fused-ring (bicyclic) bond motifs is 1. The fourth-order valence-corrected chi connectivity index (χ4v) is 4.71. The SMILES string of the molecule is CC1CCC(C)(N(N)I)C2CC12I. The third kappa shape index (κ3) is 1.47. The molecule has 2 N–H and O–H groups in total. The second-order valence-corrected chi connectivity index (χ2v) is 7.84. The van der Waals surface area contributed by atoms with Gasteiger partial charge >= 0.3 is 0 Å². The minimum atomic E-state index is 0.244. The van der Waals surface area contributed by atoms with Gasteiger partial charge in [0.05, 0.1) is 0 Å². The van der Waals surface area contributed by atoms with Crippen LogP contribution in [0.5, 0.6) is 0 Å². The van der Waals surface area contributed by atoms with Gasteiger partial charge in [-0.3, -0.25) is 5.84 Å². The van der Waals surface area contributed by atoms with Crippen molar-refractivity contribution in [1.82, 2.24) is 3.22 Å². The van der Waals surface area contributed by atoms with E-state index in [1.165, 1.54) is 19.3 Å². The van der Waals surface area contributed by atoms with Crippen molar-refractivity contribution >= 4 is 45.5 Å². The van der Waals surface area contributed by atoms with Crippen molar-refractivity contribution < 1.29 is 0 Å². The molecule has 2 saturated carbocycles. The molecule has 0 spiro atoms. The molecule has 4 heteroatoms. The highest BCUT2D eigenvalue weighted by atomic mass is 127. The maximum atomic E-state index is 5.94. The molecule has 0 aromatic rings. The zero-order valence-corrected chi connectivity index (χ0v) is 12.4. The molecule has 2 fully saturated rings. The second kappa shape index (κ2) is 3.18. The molecule has 2 nitrogen and oxygen atoms in total. The summed E-state index contributed by atoms with van der Waals surface area (Å²) in [4.78, 5) is 0. The van der Waals surface area contributed by atoms with E-state index in [1.807, 2.05) is 3.22 Å². The Kier molecular flexibility index (Phi) is 2.67. The van der Waals surface area contributed by atoms with E-state index in [2.05, 4.69) is 59.3 Å². The van der Waals surface area contributed by atoms with Gasteiger partial charge in [-0.05, 0) is 38.0 Å². The molecule has 0 bridgehead atoms. The molecule has 76 valence electrons. The molecule has 0 amide bonds. The van der Waals surface area contributed by atoms with Crippen LogP contribution >= 0.6 is 45.5 Å². The smallest absolute Gasteiger partial charge is 0.0469 e. The molecule has 0 heterocycles. The molecule has 4 unspecified atom stereocenters. The summed E-state index contributed by atoms with van der Waals surface area (Å²) in [6.07, 6.45) is 3.94. The average Bonchev–Trinajstić information content (AvgIpc) is 2.74. The summed E-state index contributed by atoms with van der Waals surface area (Å²) >= 11 is 4.91. The Bertz CT molecular complexity index is 234. The zero-order valence-electron chi connectivity index (χ0n) is 8.06. The fraction of sp³-hybridized carbons (Fsp3) is 1.00. The molecule has 2 rings (SSSR count). The van der Waals surface area contributed by atoms with Gasteiger partial charge in [0.1, 0.15) is 0 Å². The van der Waals surface area contributed by atoms with Crippen LogP contribution in [0, 0.1) is 11.8 Å². The van der Waals surface area contributed by atoms with Crippen LogP contribution in [-0.4, -0.2) is 12.2 Å². The van der Waals surface area contributed by atoms with Crippen LogP contribution in [0.4, 0.5) is 0 Å². The molecular formula is C9H16I2N2. The van der Waals surface area contributed by atoms with Crippen LogP contribution in [0.25, 0.3) is 0 Å². The lowest BCUT2D eigenvalue weighted by Gasteiger charge is -2.41. The lowest BCUT2D eigenvalue weighted by Crippen LogP contribution is -2.50. The van der Waals surface area contributed by atoms with Crippen molar-refractivity contribution in [3.8, 4) is 0 Å². The molecule has 2 aliphatic rings. The standard InChI is InChI=1S/C9H16I2N2/c1-6-3-4-8(2,13(11)12)7-5-9(6,7)10/h6-7H,3-5,12H2,1-2H3. The maximum Gasteiger partial charge on any atom is 0.0469 e. The van der Waals surface area contributed by atoms with Crippen molar-refractivity contribution in [1.29, 1.82) is 0 Å². The Hall–Kier alpha value is 1.38. The third-order valence-corrected chi connectivity index (χ3v) is 7.44. The van der Waals surface area contributed by atoms with Crippen molar-refractivity contribution in [2.75, 3.05) is 0 Å². The number of nitrogens with two attached hydrogens (primary N) is 1. The summed E-state index contributed by atoms with van der Waals surface area (Å²) in [5, 5.41) is 0. The van der Waals surface area contributed by atoms with Gasteiger partial charge in [-0.1, -0.05) is 29.5 Å². The lowest BCUT2D eigenvalue weighted by molar-refractivity contribution is 0.150. The van der Waals surface area contributed by atoms with Crippen molar-refractivity contribution in [2.45, 2.75) is 42.1 Å². The number of alkyl halides is 1. The molecule has 0 aliphatic heterocycles. The monoisotopic (exact) mass is 406 g/mol. The van der Waals surface area contributed by atoms with Gasteiger partial charge in [-0.2, -0.15) is 3.22 Å². The molecule has 4 atom stereocenters. The predicted molar refractivity (Wildman–Crippen MR) is 71.7 cm³/mol. The number of rotatable bonds is 1. The lowest BCUT2D eigenvalue weighted by atomic mass is 9.79. The van der Waals surface area contributed by atoms with Gasteiger partial charge in [0.2, 0.25) is 0 Å².